The Hall–Kier alpha value is -1.32. The summed E-state index contributed by atoms with van der Waals surface area (Å²) in [6.07, 6.45) is -0.136. The van der Waals surface area contributed by atoms with Crippen molar-refractivity contribution in [3.8, 4) is 5.75 Å². The monoisotopic (exact) mass is 347 g/mol. The standard InChI is InChI=1S/C18H22BrNO/c1-12(2)14-8-7-13(3)17(10-14)21-18(11-20)15-5-4-6-16(19)9-15/h4-10,12,18H,11,20H2,1-3H3. The minimum absolute atomic E-state index is 0.136. The molecule has 0 amide bonds. The average Bonchev–Trinajstić information content (AvgIpc) is 2.46. The average molecular weight is 348 g/mol. The first-order chi connectivity index (χ1) is 10.0. The van der Waals surface area contributed by atoms with Gasteiger partial charge in [-0.25, -0.2) is 0 Å². The van der Waals surface area contributed by atoms with E-state index in [0.717, 1.165) is 21.3 Å². The highest BCUT2D eigenvalue weighted by atomic mass is 79.9. The molecule has 0 radical (unpaired) electrons. The van der Waals surface area contributed by atoms with Crippen molar-refractivity contribution >= 4 is 15.9 Å². The fraction of sp³-hybridized carbons (Fsp3) is 0.333. The SMILES string of the molecule is Cc1ccc(C(C)C)cc1OC(CN)c1cccc(Br)c1. The summed E-state index contributed by atoms with van der Waals surface area (Å²) in [6.45, 7) is 6.88. The molecule has 0 aliphatic rings. The zero-order valence-electron chi connectivity index (χ0n) is 12.8. The van der Waals surface area contributed by atoms with Gasteiger partial charge in [0.15, 0.2) is 0 Å². The Labute approximate surface area is 135 Å². The Morgan fingerprint density at radius 1 is 1.10 bits per heavy atom. The fourth-order valence-corrected chi connectivity index (χ4v) is 2.63. The van der Waals surface area contributed by atoms with E-state index in [-0.39, 0.29) is 6.10 Å². The summed E-state index contributed by atoms with van der Waals surface area (Å²) in [4.78, 5) is 0. The lowest BCUT2D eigenvalue weighted by Crippen LogP contribution is -2.19. The van der Waals surface area contributed by atoms with Gasteiger partial charge in [0.05, 0.1) is 0 Å². The Bertz CT molecular complexity index is 610. The van der Waals surface area contributed by atoms with Crippen molar-refractivity contribution in [3.05, 3.63) is 63.6 Å². The van der Waals surface area contributed by atoms with Crippen LogP contribution in [0.5, 0.6) is 5.75 Å². The smallest absolute Gasteiger partial charge is 0.136 e. The molecule has 0 heterocycles. The van der Waals surface area contributed by atoms with Crippen molar-refractivity contribution in [2.24, 2.45) is 5.73 Å². The second kappa shape index (κ2) is 7.10. The number of halogens is 1. The van der Waals surface area contributed by atoms with Crippen LogP contribution in [0, 0.1) is 6.92 Å². The quantitative estimate of drug-likeness (QED) is 0.829. The number of nitrogens with two attached hydrogens (primary N) is 1. The molecule has 0 aromatic heterocycles. The molecule has 0 fully saturated rings. The summed E-state index contributed by atoms with van der Waals surface area (Å²) < 4.78 is 7.22. The molecular weight excluding hydrogens is 326 g/mol. The van der Waals surface area contributed by atoms with E-state index in [1.54, 1.807) is 0 Å². The van der Waals surface area contributed by atoms with Crippen molar-refractivity contribution in [1.82, 2.24) is 0 Å². The first-order valence-electron chi connectivity index (χ1n) is 7.24. The van der Waals surface area contributed by atoms with Gasteiger partial charge in [-0.15, -0.1) is 0 Å². The summed E-state index contributed by atoms with van der Waals surface area (Å²) in [5.74, 6) is 1.40. The van der Waals surface area contributed by atoms with E-state index < -0.39 is 0 Å². The molecule has 0 bridgehead atoms. The molecule has 0 aliphatic carbocycles. The number of hydrogen-bond acceptors (Lipinski definition) is 2. The summed E-state index contributed by atoms with van der Waals surface area (Å²) in [5.41, 5.74) is 9.41. The third kappa shape index (κ3) is 4.08. The maximum atomic E-state index is 6.18. The van der Waals surface area contributed by atoms with E-state index in [1.807, 2.05) is 18.2 Å². The predicted molar refractivity (Wildman–Crippen MR) is 91.8 cm³/mol. The van der Waals surface area contributed by atoms with Crippen LogP contribution in [0.3, 0.4) is 0 Å². The van der Waals surface area contributed by atoms with Gasteiger partial charge < -0.3 is 10.5 Å². The van der Waals surface area contributed by atoms with Crippen LogP contribution in [0.25, 0.3) is 0 Å². The molecule has 2 nitrogen and oxygen atoms in total. The maximum absolute atomic E-state index is 6.18. The van der Waals surface area contributed by atoms with E-state index in [2.05, 4.69) is 61.0 Å². The Morgan fingerprint density at radius 3 is 2.48 bits per heavy atom. The molecule has 0 spiro atoms. The predicted octanol–water partition coefficient (Wildman–Crippen LogP) is 4.96. The van der Waals surface area contributed by atoms with Crippen LogP contribution in [0.1, 0.15) is 42.6 Å². The highest BCUT2D eigenvalue weighted by molar-refractivity contribution is 9.10. The van der Waals surface area contributed by atoms with E-state index >= 15 is 0 Å². The fourth-order valence-electron chi connectivity index (χ4n) is 2.22. The van der Waals surface area contributed by atoms with Gasteiger partial charge in [0.1, 0.15) is 11.9 Å². The Balaban J connectivity index is 2.28. The summed E-state index contributed by atoms with van der Waals surface area (Å²) in [7, 11) is 0. The lowest BCUT2D eigenvalue weighted by atomic mass is 10.0. The lowest BCUT2D eigenvalue weighted by molar-refractivity contribution is 0.212. The van der Waals surface area contributed by atoms with Crippen LogP contribution in [-0.4, -0.2) is 6.54 Å². The number of hydrogen-bond donors (Lipinski definition) is 1. The largest absolute Gasteiger partial charge is 0.484 e. The topological polar surface area (TPSA) is 35.2 Å². The van der Waals surface area contributed by atoms with Crippen LogP contribution < -0.4 is 10.5 Å². The number of rotatable bonds is 5. The summed E-state index contributed by atoms with van der Waals surface area (Å²) in [6, 6.07) is 14.5. The Morgan fingerprint density at radius 2 is 1.86 bits per heavy atom. The van der Waals surface area contributed by atoms with Crippen LogP contribution >= 0.6 is 15.9 Å². The molecule has 21 heavy (non-hydrogen) atoms. The number of aryl methyl sites for hydroxylation is 1. The van der Waals surface area contributed by atoms with Crippen molar-refractivity contribution in [1.29, 1.82) is 0 Å². The van der Waals surface area contributed by atoms with Gasteiger partial charge in [0.2, 0.25) is 0 Å². The van der Waals surface area contributed by atoms with Gasteiger partial charge in [-0.05, 0) is 47.7 Å². The van der Waals surface area contributed by atoms with Crippen LogP contribution in [-0.2, 0) is 0 Å². The van der Waals surface area contributed by atoms with Crippen molar-refractivity contribution in [3.63, 3.8) is 0 Å². The van der Waals surface area contributed by atoms with Crippen molar-refractivity contribution < 1.29 is 4.74 Å². The van der Waals surface area contributed by atoms with Crippen molar-refractivity contribution in [2.45, 2.75) is 32.8 Å². The van der Waals surface area contributed by atoms with E-state index in [9.17, 15) is 0 Å². The molecular formula is C18H22BrNO. The second-order valence-corrected chi connectivity index (χ2v) is 6.49. The van der Waals surface area contributed by atoms with Crippen LogP contribution in [0.15, 0.2) is 46.9 Å². The zero-order valence-corrected chi connectivity index (χ0v) is 14.4. The number of ether oxygens (including phenoxy) is 1. The van der Waals surface area contributed by atoms with Gasteiger partial charge in [-0.1, -0.05) is 54.0 Å². The van der Waals surface area contributed by atoms with Crippen molar-refractivity contribution in [2.75, 3.05) is 6.54 Å². The van der Waals surface area contributed by atoms with Gasteiger partial charge in [0, 0.05) is 11.0 Å². The third-order valence-corrected chi connectivity index (χ3v) is 4.08. The van der Waals surface area contributed by atoms with E-state index in [0.29, 0.717) is 12.5 Å². The van der Waals surface area contributed by atoms with Gasteiger partial charge in [0.25, 0.3) is 0 Å². The summed E-state index contributed by atoms with van der Waals surface area (Å²) >= 11 is 3.49. The molecule has 0 aliphatic heterocycles. The molecule has 1 atom stereocenters. The first kappa shape index (κ1) is 16.1. The van der Waals surface area contributed by atoms with E-state index in [1.165, 1.54) is 5.56 Å². The zero-order chi connectivity index (χ0) is 15.4. The molecule has 1 unspecified atom stereocenters. The maximum Gasteiger partial charge on any atom is 0.136 e. The van der Waals surface area contributed by atoms with Crippen LogP contribution in [0.4, 0.5) is 0 Å². The molecule has 0 saturated carbocycles. The normalized spacial score (nSPS) is 12.5. The van der Waals surface area contributed by atoms with Gasteiger partial charge >= 0.3 is 0 Å². The molecule has 2 N–H and O–H groups in total. The minimum Gasteiger partial charge on any atom is -0.484 e. The molecule has 0 saturated heterocycles. The molecule has 2 rings (SSSR count). The highest BCUT2D eigenvalue weighted by Crippen LogP contribution is 2.29. The highest BCUT2D eigenvalue weighted by Gasteiger charge is 2.14. The molecule has 2 aromatic carbocycles. The third-order valence-electron chi connectivity index (χ3n) is 3.58. The second-order valence-electron chi connectivity index (χ2n) is 5.58. The summed E-state index contributed by atoms with van der Waals surface area (Å²) in [5, 5.41) is 0. The Kier molecular flexibility index (Phi) is 5.43. The molecule has 112 valence electrons. The number of benzene rings is 2. The van der Waals surface area contributed by atoms with E-state index in [4.69, 9.17) is 10.5 Å². The van der Waals surface area contributed by atoms with Gasteiger partial charge in [-0.3, -0.25) is 0 Å². The first-order valence-corrected chi connectivity index (χ1v) is 8.03. The van der Waals surface area contributed by atoms with Crippen LogP contribution in [0.2, 0.25) is 0 Å². The minimum atomic E-state index is -0.136. The van der Waals surface area contributed by atoms with Gasteiger partial charge in [-0.2, -0.15) is 0 Å². The lowest BCUT2D eigenvalue weighted by Gasteiger charge is -2.20. The molecule has 2 aromatic rings. The molecule has 3 heteroatoms.